The monoisotopic (exact) mass is 290 g/mol. The van der Waals surface area contributed by atoms with Crippen LogP contribution in [0, 0.1) is 0 Å². The van der Waals surface area contributed by atoms with Crippen LogP contribution in [0.15, 0.2) is 24.3 Å². The molecule has 0 atom stereocenters. The average Bonchev–Trinajstić information content (AvgIpc) is 2.34. The molecule has 1 N–H and O–H groups in total. The maximum Gasteiger partial charge on any atom is 0.573 e. The standard InChI is InChI=1S/C14H21F3N2O/c1-11(2)19(3)9-8-18-10-12-6-4-5-7-13(12)20-14(15,16)17/h4-7,11,18H,8-10H2,1-3H3. The molecular weight excluding hydrogens is 269 g/mol. The van der Waals surface area contributed by atoms with Crippen LogP contribution in [0.1, 0.15) is 19.4 Å². The summed E-state index contributed by atoms with van der Waals surface area (Å²) in [5, 5.41) is 3.12. The van der Waals surface area contributed by atoms with E-state index < -0.39 is 6.36 Å². The summed E-state index contributed by atoms with van der Waals surface area (Å²) in [7, 11) is 2.01. The number of benzene rings is 1. The van der Waals surface area contributed by atoms with Crippen LogP contribution in [0.5, 0.6) is 5.75 Å². The molecule has 0 saturated carbocycles. The summed E-state index contributed by atoms with van der Waals surface area (Å²) < 4.78 is 40.8. The Morgan fingerprint density at radius 2 is 1.90 bits per heavy atom. The lowest BCUT2D eigenvalue weighted by atomic mass is 10.2. The number of nitrogens with one attached hydrogen (secondary N) is 1. The predicted octanol–water partition coefficient (Wildman–Crippen LogP) is 3.02. The number of alkyl halides is 3. The first kappa shape index (κ1) is 16.8. The van der Waals surface area contributed by atoms with Crippen molar-refractivity contribution in [1.82, 2.24) is 10.2 Å². The van der Waals surface area contributed by atoms with Gasteiger partial charge in [0.05, 0.1) is 0 Å². The number of likely N-dealkylation sites (N-methyl/N-ethyl adjacent to an activating group) is 1. The molecule has 1 aromatic rings. The highest BCUT2D eigenvalue weighted by Crippen LogP contribution is 2.25. The second kappa shape index (κ2) is 7.50. The summed E-state index contributed by atoms with van der Waals surface area (Å²) in [4.78, 5) is 2.16. The second-order valence-corrected chi connectivity index (χ2v) is 4.91. The molecule has 0 unspecified atom stereocenters. The summed E-state index contributed by atoms with van der Waals surface area (Å²) in [5.74, 6) is -0.148. The van der Waals surface area contributed by atoms with Gasteiger partial charge in [-0.2, -0.15) is 0 Å². The molecule has 0 aromatic heterocycles. The molecule has 0 aliphatic rings. The second-order valence-electron chi connectivity index (χ2n) is 4.91. The first-order valence-electron chi connectivity index (χ1n) is 6.54. The minimum Gasteiger partial charge on any atom is -0.405 e. The van der Waals surface area contributed by atoms with Gasteiger partial charge in [-0.05, 0) is 27.0 Å². The van der Waals surface area contributed by atoms with Crippen molar-refractivity contribution < 1.29 is 17.9 Å². The van der Waals surface area contributed by atoms with Crippen LogP contribution in [-0.2, 0) is 6.54 Å². The Kier molecular flexibility index (Phi) is 6.29. The van der Waals surface area contributed by atoms with Crippen LogP contribution >= 0.6 is 0 Å². The van der Waals surface area contributed by atoms with Gasteiger partial charge in [0.25, 0.3) is 0 Å². The molecule has 0 bridgehead atoms. The van der Waals surface area contributed by atoms with E-state index in [2.05, 4.69) is 28.8 Å². The Hall–Kier alpha value is -1.27. The van der Waals surface area contributed by atoms with Gasteiger partial charge in [0.2, 0.25) is 0 Å². The maximum atomic E-state index is 12.3. The summed E-state index contributed by atoms with van der Waals surface area (Å²) in [6.45, 7) is 6.06. The molecule has 0 radical (unpaired) electrons. The van der Waals surface area contributed by atoms with E-state index in [1.54, 1.807) is 12.1 Å². The lowest BCUT2D eigenvalue weighted by Gasteiger charge is -2.21. The molecule has 1 rings (SSSR count). The molecule has 0 aliphatic carbocycles. The van der Waals surface area contributed by atoms with Crippen LogP contribution in [0.4, 0.5) is 13.2 Å². The number of rotatable bonds is 7. The van der Waals surface area contributed by atoms with Crippen molar-refractivity contribution >= 4 is 0 Å². The Morgan fingerprint density at radius 3 is 2.50 bits per heavy atom. The van der Waals surface area contributed by atoms with Crippen molar-refractivity contribution in [3.63, 3.8) is 0 Å². The van der Waals surface area contributed by atoms with E-state index in [1.165, 1.54) is 12.1 Å². The molecular formula is C14H21F3N2O. The van der Waals surface area contributed by atoms with Crippen molar-refractivity contribution in [2.45, 2.75) is 32.8 Å². The van der Waals surface area contributed by atoms with E-state index >= 15 is 0 Å². The van der Waals surface area contributed by atoms with E-state index in [4.69, 9.17) is 0 Å². The van der Waals surface area contributed by atoms with E-state index in [9.17, 15) is 13.2 Å². The quantitative estimate of drug-likeness (QED) is 0.781. The third kappa shape index (κ3) is 6.25. The fourth-order valence-corrected chi connectivity index (χ4v) is 1.61. The highest BCUT2D eigenvalue weighted by atomic mass is 19.4. The Balaban J connectivity index is 2.48. The van der Waals surface area contributed by atoms with Crippen molar-refractivity contribution in [2.75, 3.05) is 20.1 Å². The molecule has 0 fully saturated rings. The van der Waals surface area contributed by atoms with Crippen molar-refractivity contribution in [1.29, 1.82) is 0 Å². The Labute approximate surface area is 117 Å². The summed E-state index contributed by atoms with van der Waals surface area (Å²) >= 11 is 0. The van der Waals surface area contributed by atoms with Crippen LogP contribution in [-0.4, -0.2) is 37.4 Å². The molecule has 3 nitrogen and oxygen atoms in total. The molecule has 20 heavy (non-hydrogen) atoms. The first-order chi connectivity index (χ1) is 9.29. The van der Waals surface area contributed by atoms with Gasteiger partial charge in [-0.3, -0.25) is 0 Å². The van der Waals surface area contributed by atoms with Gasteiger partial charge >= 0.3 is 6.36 Å². The Morgan fingerprint density at radius 1 is 1.25 bits per heavy atom. The van der Waals surface area contributed by atoms with E-state index in [-0.39, 0.29) is 5.75 Å². The van der Waals surface area contributed by atoms with Gasteiger partial charge in [0.15, 0.2) is 0 Å². The molecule has 6 heteroatoms. The van der Waals surface area contributed by atoms with Crippen LogP contribution in [0.2, 0.25) is 0 Å². The third-order valence-electron chi connectivity index (χ3n) is 3.04. The van der Waals surface area contributed by atoms with E-state index in [0.29, 0.717) is 24.7 Å². The normalized spacial score (nSPS) is 12.2. The topological polar surface area (TPSA) is 24.5 Å². The van der Waals surface area contributed by atoms with E-state index in [1.807, 2.05) is 7.05 Å². The number of hydrogen-bond donors (Lipinski definition) is 1. The number of ether oxygens (including phenoxy) is 1. The zero-order valence-corrected chi connectivity index (χ0v) is 12.0. The lowest BCUT2D eigenvalue weighted by Crippen LogP contribution is -2.33. The van der Waals surface area contributed by atoms with Gasteiger partial charge in [0, 0.05) is 31.2 Å². The Bertz CT molecular complexity index is 408. The van der Waals surface area contributed by atoms with E-state index in [0.717, 1.165) is 6.54 Å². The number of para-hydroxylation sites is 1. The number of halogens is 3. The van der Waals surface area contributed by atoms with Gasteiger partial charge in [0.1, 0.15) is 5.75 Å². The zero-order valence-electron chi connectivity index (χ0n) is 12.0. The van der Waals surface area contributed by atoms with Crippen LogP contribution in [0.25, 0.3) is 0 Å². The van der Waals surface area contributed by atoms with Crippen LogP contribution < -0.4 is 10.1 Å². The van der Waals surface area contributed by atoms with Crippen molar-refractivity contribution in [2.24, 2.45) is 0 Å². The molecule has 114 valence electrons. The molecule has 1 aromatic carbocycles. The lowest BCUT2D eigenvalue weighted by molar-refractivity contribution is -0.274. The zero-order chi connectivity index (χ0) is 15.2. The predicted molar refractivity (Wildman–Crippen MR) is 72.6 cm³/mol. The molecule has 0 aliphatic heterocycles. The average molecular weight is 290 g/mol. The highest BCUT2D eigenvalue weighted by molar-refractivity contribution is 5.33. The smallest absolute Gasteiger partial charge is 0.405 e. The third-order valence-corrected chi connectivity index (χ3v) is 3.04. The summed E-state index contributed by atoms with van der Waals surface area (Å²) in [5.41, 5.74) is 0.497. The first-order valence-corrected chi connectivity index (χ1v) is 6.54. The maximum absolute atomic E-state index is 12.3. The fraction of sp³-hybridized carbons (Fsp3) is 0.571. The molecule has 0 heterocycles. The van der Waals surface area contributed by atoms with Crippen LogP contribution in [0.3, 0.4) is 0 Å². The largest absolute Gasteiger partial charge is 0.573 e. The van der Waals surface area contributed by atoms with Gasteiger partial charge < -0.3 is 15.0 Å². The minimum atomic E-state index is -4.66. The van der Waals surface area contributed by atoms with Gasteiger partial charge in [-0.15, -0.1) is 13.2 Å². The number of nitrogens with zero attached hydrogens (tertiary/aromatic N) is 1. The SMILES string of the molecule is CC(C)N(C)CCNCc1ccccc1OC(F)(F)F. The molecule has 0 spiro atoms. The van der Waals surface area contributed by atoms with Crippen molar-refractivity contribution in [3.05, 3.63) is 29.8 Å². The van der Waals surface area contributed by atoms with Crippen molar-refractivity contribution in [3.8, 4) is 5.75 Å². The minimum absolute atomic E-state index is 0.148. The fourth-order valence-electron chi connectivity index (χ4n) is 1.61. The summed E-state index contributed by atoms with van der Waals surface area (Å²) in [6, 6.07) is 6.61. The van der Waals surface area contributed by atoms with Gasteiger partial charge in [-0.1, -0.05) is 18.2 Å². The number of hydrogen-bond acceptors (Lipinski definition) is 3. The van der Waals surface area contributed by atoms with Gasteiger partial charge in [-0.25, -0.2) is 0 Å². The molecule has 0 amide bonds. The molecule has 0 saturated heterocycles. The summed E-state index contributed by atoms with van der Waals surface area (Å²) in [6.07, 6.45) is -4.66. The highest BCUT2D eigenvalue weighted by Gasteiger charge is 2.31.